The van der Waals surface area contributed by atoms with E-state index in [0.29, 0.717) is 12.6 Å². The summed E-state index contributed by atoms with van der Waals surface area (Å²) in [5.74, 6) is 1.84. The van der Waals surface area contributed by atoms with Crippen molar-refractivity contribution in [2.45, 2.75) is 90.4 Å². The maximum atomic E-state index is 6.12. The number of likely N-dealkylation sites (tertiary alicyclic amines) is 1. The fourth-order valence-corrected chi connectivity index (χ4v) is 4.42. The third-order valence-electron chi connectivity index (χ3n) is 5.85. The predicted molar refractivity (Wildman–Crippen MR) is 122 cm³/mol. The highest BCUT2D eigenvalue weighted by Gasteiger charge is 2.27. The summed E-state index contributed by atoms with van der Waals surface area (Å²) in [5.41, 5.74) is 0.909. The Balaban J connectivity index is 1.57. The van der Waals surface area contributed by atoms with Crippen molar-refractivity contribution < 1.29 is 4.74 Å². The van der Waals surface area contributed by atoms with E-state index in [2.05, 4.69) is 55.4 Å². The Bertz CT molecular complexity index is 653. The van der Waals surface area contributed by atoms with Gasteiger partial charge in [0.2, 0.25) is 0 Å². The van der Waals surface area contributed by atoms with Crippen LogP contribution in [0.1, 0.15) is 71.8 Å². The quantitative estimate of drug-likeness (QED) is 0.551. The molecular formula is C24H40N4O. The molecule has 0 atom stereocenters. The van der Waals surface area contributed by atoms with E-state index in [-0.39, 0.29) is 5.60 Å². The van der Waals surface area contributed by atoms with Crippen LogP contribution in [0, 0.1) is 0 Å². The van der Waals surface area contributed by atoms with E-state index in [4.69, 9.17) is 9.73 Å². The van der Waals surface area contributed by atoms with Gasteiger partial charge in [-0.2, -0.15) is 0 Å². The molecule has 0 spiro atoms. The molecule has 0 aromatic heterocycles. The fraction of sp³-hybridized carbons (Fsp3) is 0.708. The second-order valence-corrected chi connectivity index (χ2v) is 9.41. The smallest absolute Gasteiger partial charge is 0.191 e. The van der Waals surface area contributed by atoms with Crippen LogP contribution in [0.2, 0.25) is 0 Å². The Morgan fingerprint density at radius 1 is 1.10 bits per heavy atom. The molecule has 1 aromatic rings. The van der Waals surface area contributed by atoms with E-state index in [9.17, 15) is 0 Å². The van der Waals surface area contributed by atoms with Gasteiger partial charge in [-0.1, -0.05) is 31.0 Å². The van der Waals surface area contributed by atoms with Gasteiger partial charge in [0.15, 0.2) is 5.96 Å². The standard InChI is InChI=1S/C24H40N4O/c1-5-25-23(26-18-19-10-6-9-13-22(19)29-24(2,3)4)27-20-14-16-28(17-15-20)21-11-7-8-12-21/h6,9-10,13,20-21H,5,7-8,11-12,14-18H2,1-4H3,(H2,25,26,27). The molecule has 162 valence electrons. The topological polar surface area (TPSA) is 48.9 Å². The number of para-hydroxylation sites is 1. The van der Waals surface area contributed by atoms with E-state index >= 15 is 0 Å². The number of rotatable bonds is 6. The zero-order valence-electron chi connectivity index (χ0n) is 18.8. The van der Waals surface area contributed by atoms with E-state index in [1.807, 2.05) is 12.1 Å². The number of nitrogens with zero attached hydrogens (tertiary/aromatic N) is 2. The molecule has 1 saturated heterocycles. The van der Waals surface area contributed by atoms with Gasteiger partial charge in [0, 0.05) is 37.3 Å². The number of benzene rings is 1. The summed E-state index contributed by atoms with van der Waals surface area (Å²) in [5, 5.41) is 7.10. The van der Waals surface area contributed by atoms with E-state index in [1.54, 1.807) is 0 Å². The Morgan fingerprint density at radius 2 is 1.79 bits per heavy atom. The summed E-state index contributed by atoms with van der Waals surface area (Å²) < 4.78 is 6.12. The molecule has 0 unspecified atom stereocenters. The minimum absolute atomic E-state index is 0.212. The molecule has 5 heteroatoms. The summed E-state index contributed by atoms with van der Waals surface area (Å²) >= 11 is 0. The molecular weight excluding hydrogens is 360 g/mol. The number of guanidine groups is 1. The Morgan fingerprint density at radius 3 is 2.45 bits per heavy atom. The van der Waals surface area contributed by atoms with Gasteiger partial charge in [0.25, 0.3) is 0 Å². The van der Waals surface area contributed by atoms with Crippen molar-refractivity contribution in [3.63, 3.8) is 0 Å². The van der Waals surface area contributed by atoms with Crippen LogP contribution in [0.15, 0.2) is 29.3 Å². The first-order chi connectivity index (χ1) is 13.9. The number of nitrogens with one attached hydrogen (secondary N) is 2. The molecule has 2 aliphatic rings. The van der Waals surface area contributed by atoms with E-state index < -0.39 is 0 Å². The second-order valence-electron chi connectivity index (χ2n) is 9.41. The minimum atomic E-state index is -0.212. The summed E-state index contributed by atoms with van der Waals surface area (Å²) in [6.45, 7) is 12.3. The highest BCUT2D eigenvalue weighted by Crippen LogP contribution is 2.26. The molecule has 1 heterocycles. The number of hydrogen-bond donors (Lipinski definition) is 2. The molecule has 1 aromatic carbocycles. The van der Waals surface area contributed by atoms with Crippen LogP contribution < -0.4 is 15.4 Å². The third-order valence-corrected chi connectivity index (χ3v) is 5.85. The SMILES string of the molecule is CCNC(=NCc1ccccc1OC(C)(C)C)NC1CCN(C2CCCC2)CC1. The summed E-state index contributed by atoms with van der Waals surface area (Å²) in [4.78, 5) is 7.58. The maximum absolute atomic E-state index is 6.12. The largest absolute Gasteiger partial charge is 0.488 e. The van der Waals surface area contributed by atoms with Crippen molar-refractivity contribution in [3.8, 4) is 5.75 Å². The average molecular weight is 401 g/mol. The van der Waals surface area contributed by atoms with Gasteiger partial charge in [0.1, 0.15) is 11.4 Å². The first-order valence-corrected chi connectivity index (χ1v) is 11.5. The summed E-state index contributed by atoms with van der Waals surface area (Å²) in [7, 11) is 0. The molecule has 29 heavy (non-hydrogen) atoms. The lowest BCUT2D eigenvalue weighted by Crippen LogP contribution is -2.50. The van der Waals surface area contributed by atoms with Gasteiger partial charge in [-0.05, 0) is 59.4 Å². The molecule has 1 aliphatic heterocycles. The number of aliphatic imine (C=N–C) groups is 1. The van der Waals surface area contributed by atoms with Gasteiger partial charge < -0.3 is 20.3 Å². The van der Waals surface area contributed by atoms with Crippen LogP contribution in [-0.2, 0) is 6.54 Å². The maximum Gasteiger partial charge on any atom is 0.191 e. The Hall–Kier alpha value is -1.75. The lowest BCUT2D eigenvalue weighted by atomic mass is 10.0. The van der Waals surface area contributed by atoms with Crippen LogP contribution in [0.4, 0.5) is 0 Å². The van der Waals surface area contributed by atoms with Gasteiger partial charge in [-0.3, -0.25) is 0 Å². The van der Waals surface area contributed by atoms with E-state index in [1.165, 1.54) is 51.6 Å². The Kier molecular flexibility index (Phi) is 7.82. The highest BCUT2D eigenvalue weighted by atomic mass is 16.5. The Labute approximate surface area is 177 Å². The van der Waals surface area contributed by atoms with Gasteiger partial charge >= 0.3 is 0 Å². The van der Waals surface area contributed by atoms with Crippen LogP contribution in [0.25, 0.3) is 0 Å². The molecule has 0 radical (unpaired) electrons. The number of hydrogen-bond acceptors (Lipinski definition) is 3. The highest BCUT2D eigenvalue weighted by molar-refractivity contribution is 5.80. The summed E-state index contributed by atoms with van der Waals surface area (Å²) in [6.07, 6.45) is 8.03. The average Bonchev–Trinajstić information content (AvgIpc) is 3.21. The monoisotopic (exact) mass is 400 g/mol. The van der Waals surface area contributed by atoms with Crippen molar-refractivity contribution >= 4 is 5.96 Å². The predicted octanol–water partition coefficient (Wildman–Crippen LogP) is 4.33. The lowest BCUT2D eigenvalue weighted by molar-refractivity contribution is 0.129. The summed E-state index contributed by atoms with van der Waals surface area (Å²) in [6, 6.07) is 9.57. The zero-order chi connectivity index (χ0) is 20.7. The second kappa shape index (κ2) is 10.3. The molecule has 1 aliphatic carbocycles. The number of piperidine rings is 1. The third kappa shape index (κ3) is 6.91. The first-order valence-electron chi connectivity index (χ1n) is 11.5. The molecule has 0 bridgehead atoms. The lowest BCUT2D eigenvalue weighted by Gasteiger charge is -2.36. The van der Waals surface area contributed by atoms with Crippen molar-refractivity contribution in [1.82, 2.24) is 15.5 Å². The minimum Gasteiger partial charge on any atom is -0.488 e. The first kappa shape index (κ1) is 21.9. The van der Waals surface area contributed by atoms with Crippen molar-refractivity contribution in [2.75, 3.05) is 19.6 Å². The molecule has 5 nitrogen and oxygen atoms in total. The van der Waals surface area contributed by atoms with Gasteiger partial charge in [0.05, 0.1) is 6.54 Å². The zero-order valence-corrected chi connectivity index (χ0v) is 18.8. The van der Waals surface area contributed by atoms with Crippen molar-refractivity contribution in [1.29, 1.82) is 0 Å². The molecule has 2 N–H and O–H groups in total. The van der Waals surface area contributed by atoms with Crippen LogP contribution in [0.5, 0.6) is 5.75 Å². The molecule has 3 rings (SSSR count). The molecule has 1 saturated carbocycles. The fourth-order valence-electron chi connectivity index (χ4n) is 4.42. The van der Waals surface area contributed by atoms with Crippen LogP contribution in [0.3, 0.4) is 0 Å². The van der Waals surface area contributed by atoms with Gasteiger partial charge in [-0.15, -0.1) is 0 Å². The van der Waals surface area contributed by atoms with E-state index in [0.717, 1.165) is 29.9 Å². The number of ether oxygens (including phenoxy) is 1. The normalized spacial score (nSPS) is 20.1. The van der Waals surface area contributed by atoms with Crippen molar-refractivity contribution in [2.24, 2.45) is 4.99 Å². The van der Waals surface area contributed by atoms with Crippen LogP contribution >= 0.6 is 0 Å². The molecule has 0 amide bonds. The van der Waals surface area contributed by atoms with Crippen molar-refractivity contribution in [3.05, 3.63) is 29.8 Å². The molecule has 2 fully saturated rings. The van der Waals surface area contributed by atoms with Gasteiger partial charge in [-0.25, -0.2) is 4.99 Å². The van der Waals surface area contributed by atoms with Crippen LogP contribution in [-0.4, -0.2) is 48.2 Å².